The number of quaternary nitrogens is 1. The molecule has 1 amide bonds. The van der Waals surface area contributed by atoms with Crippen molar-refractivity contribution in [2.24, 2.45) is 0 Å². The normalized spacial score (nSPS) is 18.7. The number of fused-ring (bicyclic) bond motifs is 1. The minimum Gasteiger partial charge on any atom is -0.370 e. The van der Waals surface area contributed by atoms with E-state index in [0.29, 0.717) is 38.3 Å². The van der Waals surface area contributed by atoms with Crippen LogP contribution in [0.2, 0.25) is 0 Å². The summed E-state index contributed by atoms with van der Waals surface area (Å²) >= 11 is 0. The molecule has 0 aliphatic carbocycles. The van der Waals surface area contributed by atoms with Gasteiger partial charge in [-0.15, -0.1) is 0 Å². The van der Waals surface area contributed by atoms with Gasteiger partial charge < -0.3 is 15.0 Å². The Kier molecular flexibility index (Phi) is 5.96. The highest BCUT2D eigenvalue weighted by Gasteiger charge is 2.27. The quantitative estimate of drug-likeness (QED) is 0.640. The van der Waals surface area contributed by atoms with E-state index in [4.69, 9.17) is 4.74 Å². The molecule has 8 heteroatoms. The number of ether oxygens (including phenoxy) is 1. The number of hydrogen-bond acceptors (Lipinski definition) is 4. The van der Waals surface area contributed by atoms with Gasteiger partial charge in [0.1, 0.15) is 13.1 Å². The van der Waals surface area contributed by atoms with E-state index < -0.39 is 10.0 Å². The summed E-state index contributed by atoms with van der Waals surface area (Å²) in [5.74, 6) is -0.0381. The summed E-state index contributed by atoms with van der Waals surface area (Å²) in [4.78, 5) is 13.1. The van der Waals surface area contributed by atoms with Gasteiger partial charge in [0.15, 0.2) is 0 Å². The largest absolute Gasteiger partial charge is 0.370 e. The second-order valence-corrected chi connectivity index (χ2v) is 9.23. The monoisotopic (exact) mass is 416 g/mol. The molecule has 2 heterocycles. The SMILES string of the molecule is O=C1CCc2cc(S(=O)(=O)N[C@H](C[NH+]3CCOCC3)c3ccccc3)ccc2N1. The van der Waals surface area contributed by atoms with Crippen molar-refractivity contribution in [1.29, 1.82) is 0 Å². The third kappa shape index (κ3) is 4.84. The highest BCUT2D eigenvalue weighted by Crippen LogP contribution is 2.26. The first-order chi connectivity index (χ1) is 14.0. The molecule has 2 aromatic rings. The van der Waals surface area contributed by atoms with Crippen LogP contribution >= 0.6 is 0 Å². The van der Waals surface area contributed by atoms with E-state index in [1.54, 1.807) is 18.2 Å². The van der Waals surface area contributed by atoms with Gasteiger partial charge in [-0.25, -0.2) is 8.42 Å². The first-order valence-electron chi connectivity index (χ1n) is 9.93. The molecule has 0 spiro atoms. The smallest absolute Gasteiger partial charge is 0.241 e. The number of nitrogens with one attached hydrogen (secondary N) is 3. The number of hydrogen-bond donors (Lipinski definition) is 3. The lowest BCUT2D eigenvalue weighted by atomic mass is 10.0. The van der Waals surface area contributed by atoms with Crippen LogP contribution in [0.15, 0.2) is 53.4 Å². The Morgan fingerprint density at radius 2 is 1.83 bits per heavy atom. The minimum absolute atomic E-state index is 0.0381. The number of amides is 1. The Morgan fingerprint density at radius 3 is 2.59 bits per heavy atom. The van der Waals surface area contributed by atoms with Crippen molar-refractivity contribution in [3.63, 3.8) is 0 Å². The number of morpholine rings is 1. The second kappa shape index (κ2) is 8.62. The molecule has 0 radical (unpaired) electrons. The van der Waals surface area contributed by atoms with Gasteiger partial charge in [-0.05, 0) is 35.7 Å². The van der Waals surface area contributed by atoms with Crippen LogP contribution in [-0.4, -0.2) is 47.2 Å². The topological polar surface area (TPSA) is 88.9 Å². The number of carbonyl (C=O) groups excluding carboxylic acids is 1. The van der Waals surface area contributed by atoms with Gasteiger partial charge in [0, 0.05) is 12.1 Å². The molecule has 154 valence electrons. The molecule has 1 saturated heterocycles. The van der Waals surface area contributed by atoms with Crippen molar-refractivity contribution < 1.29 is 22.8 Å². The Bertz CT molecular complexity index is 973. The number of aryl methyl sites for hydroxylation is 1. The number of carbonyl (C=O) groups is 1. The van der Waals surface area contributed by atoms with Gasteiger partial charge in [0.25, 0.3) is 0 Å². The highest BCUT2D eigenvalue weighted by molar-refractivity contribution is 7.89. The maximum absolute atomic E-state index is 13.2. The van der Waals surface area contributed by atoms with Gasteiger partial charge in [0.05, 0.1) is 30.7 Å². The summed E-state index contributed by atoms with van der Waals surface area (Å²) in [6, 6.07) is 14.2. The van der Waals surface area contributed by atoms with Crippen LogP contribution in [0, 0.1) is 0 Å². The van der Waals surface area contributed by atoms with Crippen molar-refractivity contribution in [2.75, 3.05) is 38.2 Å². The first-order valence-corrected chi connectivity index (χ1v) is 11.4. The lowest BCUT2D eigenvalue weighted by Crippen LogP contribution is -3.14. The molecule has 1 atom stereocenters. The maximum atomic E-state index is 13.2. The van der Waals surface area contributed by atoms with Crippen molar-refractivity contribution in [3.8, 4) is 0 Å². The summed E-state index contributed by atoms with van der Waals surface area (Å²) in [6.07, 6.45) is 0.918. The molecule has 2 aromatic carbocycles. The highest BCUT2D eigenvalue weighted by atomic mass is 32.2. The standard InChI is InChI=1S/C21H25N3O4S/c25-21-9-6-17-14-18(7-8-19(17)22-21)29(26,27)23-20(16-4-2-1-3-5-16)15-24-10-12-28-13-11-24/h1-5,7-8,14,20,23H,6,9-13,15H2,(H,22,25)/p+1/t20-/m1/s1. The molecule has 3 N–H and O–H groups in total. The number of benzene rings is 2. The summed E-state index contributed by atoms with van der Waals surface area (Å²) in [6.45, 7) is 3.78. The van der Waals surface area contributed by atoms with Crippen LogP contribution in [0.1, 0.15) is 23.6 Å². The molecule has 1 fully saturated rings. The Labute approximate surface area is 171 Å². The van der Waals surface area contributed by atoms with Crippen LogP contribution in [0.25, 0.3) is 0 Å². The lowest BCUT2D eigenvalue weighted by Gasteiger charge is -2.28. The van der Waals surface area contributed by atoms with Crippen LogP contribution in [-0.2, 0) is 26.0 Å². The minimum atomic E-state index is -3.71. The summed E-state index contributed by atoms with van der Waals surface area (Å²) in [5, 5.41) is 2.79. The van der Waals surface area contributed by atoms with E-state index >= 15 is 0 Å². The van der Waals surface area contributed by atoms with E-state index in [1.165, 1.54) is 4.90 Å². The molecule has 4 rings (SSSR count). The molecule has 0 saturated carbocycles. The summed E-state index contributed by atoms with van der Waals surface area (Å²) in [5.41, 5.74) is 2.49. The predicted octanol–water partition coefficient (Wildman–Crippen LogP) is 0.506. The third-order valence-electron chi connectivity index (χ3n) is 5.47. The van der Waals surface area contributed by atoms with Crippen LogP contribution in [0.3, 0.4) is 0 Å². The van der Waals surface area contributed by atoms with Crippen molar-refractivity contribution in [1.82, 2.24) is 4.72 Å². The Morgan fingerprint density at radius 1 is 1.07 bits per heavy atom. The van der Waals surface area contributed by atoms with Crippen LogP contribution in [0.4, 0.5) is 5.69 Å². The molecule has 2 aliphatic rings. The zero-order valence-electron chi connectivity index (χ0n) is 16.2. The zero-order chi connectivity index (χ0) is 20.3. The van der Waals surface area contributed by atoms with E-state index in [2.05, 4.69) is 10.0 Å². The fourth-order valence-corrected chi connectivity index (χ4v) is 5.12. The fourth-order valence-electron chi connectivity index (χ4n) is 3.85. The van der Waals surface area contributed by atoms with E-state index in [1.807, 2.05) is 30.3 Å². The number of rotatable bonds is 6. The molecule has 29 heavy (non-hydrogen) atoms. The predicted molar refractivity (Wildman–Crippen MR) is 109 cm³/mol. The van der Waals surface area contributed by atoms with Gasteiger partial charge >= 0.3 is 0 Å². The van der Waals surface area contributed by atoms with E-state index in [9.17, 15) is 13.2 Å². The first kappa shape index (κ1) is 20.0. The van der Waals surface area contributed by atoms with Gasteiger partial charge in [0.2, 0.25) is 15.9 Å². The average Bonchev–Trinajstić information content (AvgIpc) is 2.74. The van der Waals surface area contributed by atoms with Gasteiger partial charge in [-0.2, -0.15) is 4.72 Å². The second-order valence-electron chi connectivity index (χ2n) is 7.52. The average molecular weight is 417 g/mol. The molecular weight excluding hydrogens is 390 g/mol. The summed E-state index contributed by atoms with van der Waals surface area (Å²) < 4.78 is 34.7. The summed E-state index contributed by atoms with van der Waals surface area (Å²) in [7, 11) is -3.71. The Balaban J connectivity index is 1.58. The molecular formula is C21H26N3O4S+. The maximum Gasteiger partial charge on any atom is 0.241 e. The number of anilines is 1. The number of sulfonamides is 1. The van der Waals surface area contributed by atoms with Gasteiger partial charge in [-0.1, -0.05) is 30.3 Å². The van der Waals surface area contributed by atoms with E-state index in [-0.39, 0.29) is 16.8 Å². The van der Waals surface area contributed by atoms with Crippen LogP contribution in [0.5, 0.6) is 0 Å². The Hall–Kier alpha value is -2.26. The van der Waals surface area contributed by atoms with Crippen molar-refractivity contribution in [3.05, 3.63) is 59.7 Å². The molecule has 0 unspecified atom stereocenters. The van der Waals surface area contributed by atoms with Gasteiger partial charge in [-0.3, -0.25) is 4.79 Å². The van der Waals surface area contributed by atoms with E-state index in [0.717, 1.165) is 24.2 Å². The molecule has 7 nitrogen and oxygen atoms in total. The molecule has 2 aliphatic heterocycles. The molecule has 0 bridgehead atoms. The fraction of sp³-hybridized carbons (Fsp3) is 0.381. The van der Waals surface area contributed by atoms with Crippen molar-refractivity contribution in [2.45, 2.75) is 23.8 Å². The van der Waals surface area contributed by atoms with Crippen molar-refractivity contribution >= 4 is 21.6 Å². The lowest BCUT2D eigenvalue weighted by molar-refractivity contribution is -0.909. The third-order valence-corrected chi connectivity index (χ3v) is 6.94. The zero-order valence-corrected chi connectivity index (χ0v) is 17.0. The molecule has 0 aromatic heterocycles. The van der Waals surface area contributed by atoms with Crippen LogP contribution < -0.4 is 14.9 Å².